The quantitative estimate of drug-likeness (QED) is 0.223. The summed E-state index contributed by atoms with van der Waals surface area (Å²) >= 11 is 1.46. The molecule has 6 rings (SSSR count). The Bertz CT molecular complexity index is 2330. The van der Waals surface area contributed by atoms with Gasteiger partial charge in [0, 0.05) is 0 Å². The average molecular weight is 850 g/mol. The minimum atomic E-state index is -0.116. The van der Waals surface area contributed by atoms with Crippen molar-refractivity contribution in [1.29, 1.82) is 0 Å². The SMILES string of the molecule is CC1C=C(C(C)(C)C)C=C1c1c2c(cc(C(C)(C)C)c1=C(c1ccc(C(C)(C)C)cc1)c1ccc(C(C)(C)C)cc1)=c1cc(C(C)(C)C)ccc1=[C]2[Zr+2].[Cl-].[Cl-]. The Labute approximate surface area is 361 Å². The number of fused-ring (bicyclic) bond motifs is 2. The van der Waals surface area contributed by atoms with Crippen LogP contribution >= 0.6 is 0 Å². The van der Waals surface area contributed by atoms with Crippen molar-refractivity contribution in [3.63, 3.8) is 0 Å². The third-order valence-corrected chi connectivity index (χ3v) is 12.8. The van der Waals surface area contributed by atoms with Crippen molar-refractivity contribution < 1.29 is 49.5 Å². The van der Waals surface area contributed by atoms with Gasteiger partial charge in [-0.15, -0.1) is 0 Å². The van der Waals surface area contributed by atoms with E-state index >= 15 is 0 Å². The molecule has 0 spiro atoms. The minimum absolute atomic E-state index is 0. The van der Waals surface area contributed by atoms with Crippen LogP contribution in [0.15, 0.2) is 90.5 Å². The number of allylic oxidation sites excluding steroid dienone is 4. The second-order valence-electron chi connectivity index (χ2n) is 21.0. The Morgan fingerprint density at radius 2 is 0.945 bits per heavy atom. The van der Waals surface area contributed by atoms with Crippen LogP contribution in [0.2, 0.25) is 0 Å². The molecule has 289 valence electrons. The molecule has 0 bridgehead atoms. The molecule has 0 aliphatic heterocycles. The van der Waals surface area contributed by atoms with Crippen molar-refractivity contribution in [1.82, 2.24) is 0 Å². The van der Waals surface area contributed by atoms with Gasteiger partial charge >= 0.3 is 339 Å². The smallest absolute Gasteiger partial charge is 1.00 e. The molecule has 0 amide bonds. The molecule has 1 atom stereocenters. The second kappa shape index (κ2) is 15.4. The molecule has 0 heterocycles. The van der Waals surface area contributed by atoms with Crippen molar-refractivity contribution in [3.8, 4) is 0 Å². The molecule has 0 saturated carbocycles. The molecular formula is C52H63Cl2Zr. The molecule has 2 aliphatic carbocycles. The van der Waals surface area contributed by atoms with E-state index in [1.807, 2.05) is 0 Å². The van der Waals surface area contributed by atoms with Crippen LogP contribution in [0, 0.1) is 21.8 Å². The van der Waals surface area contributed by atoms with Crippen LogP contribution in [0.1, 0.15) is 155 Å². The Morgan fingerprint density at radius 3 is 1.35 bits per heavy atom. The zero-order chi connectivity index (χ0) is 39.2. The molecule has 3 heteroatoms. The Kier molecular flexibility index (Phi) is 12.7. The summed E-state index contributed by atoms with van der Waals surface area (Å²) in [4.78, 5) is 0. The van der Waals surface area contributed by atoms with Crippen LogP contribution in [-0.2, 0) is 46.4 Å². The summed E-state index contributed by atoms with van der Waals surface area (Å²) in [6.07, 6.45) is 5.10. The topological polar surface area (TPSA) is 0 Å². The van der Waals surface area contributed by atoms with E-state index < -0.39 is 0 Å². The Hall–Kier alpha value is -2.44. The van der Waals surface area contributed by atoms with E-state index in [0.29, 0.717) is 5.92 Å². The van der Waals surface area contributed by atoms with E-state index in [9.17, 15) is 0 Å². The summed E-state index contributed by atoms with van der Waals surface area (Å²) in [5.74, 6) is 0.299. The van der Waals surface area contributed by atoms with Gasteiger partial charge in [0.1, 0.15) is 0 Å². The molecule has 0 fully saturated rings. The zero-order valence-corrected chi connectivity index (χ0v) is 40.4. The van der Waals surface area contributed by atoms with E-state index in [2.05, 4.69) is 196 Å². The summed E-state index contributed by atoms with van der Waals surface area (Å²) < 4.78 is 1.47. The molecule has 4 aromatic carbocycles. The van der Waals surface area contributed by atoms with Crippen molar-refractivity contribution in [2.45, 2.75) is 132 Å². The van der Waals surface area contributed by atoms with Crippen LogP contribution < -0.4 is 35.3 Å². The van der Waals surface area contributed by atoms with Crippen LogP contribution in [-0.4, -0.2) is 0 Å². The summed E-state index contributed by atoms with van der Waals surface area (Å²) in [5.41, 5.74) is 15.4. The van der Waals surface area contributed by atoms with Gasteiger partial charge in [0.25, 0.3) is 0 Å². The van der Waals surface area contributed by atoms with Gasteiger partial charge in [0.2, 0.25) is 0 Å². The first-order chi connectivity index (χ1) is 24.3. The van der Waals surface area contributed by atoms with Crippen molar-refractivity contribution in [2.24, 2.45) is 11.3 Å². The molecule has 0 saturated heterocycles. The number of hydrogen-bond donors (Lipinski definition) is 0. The minimum Gasteiger partial charge on any atom is -1.00 e. The van der Waals surface area contributed by atoms with Crippen molar-refractivity contribution >= 4 is 14.4 Å². The maximum Gasteiger partial charge on any atom is -1.00 e. The molecule has 55 heavy (non-hydrogen) atoms. The van der Waals surface area contributed by atoms with E-state index in [-0.39, 0.29) is 51.9 Å². The van der Waals surface area contributed by atoms with Gasteiger partial charge in [-0.05, 0) is 0 Å². The van der Waals surface area contributed by atoms with Crippen molar-refractivity contribution in [2.75, 3.05) is 0 Å². The van der Waals surface area contributed by atoms with Gasteiger partial charge < -0.3 is 24.8 Å². The van der Waals surface area contributed by atoms with Crippen molar-refractivity contribution in [3.05, 3.63) is 156 Å². The van der Waals surface area contributed by atoms with E-state index in [1.54, 1.807) is 0 Å². The first-order valence-corrected chi connectivity index (χ1v) is 21.0. The van der Waals surface area contributed by atoms with Gasteiger partial charge in [-0.1, -0.05) is 0 Å². The molecule has 1 unspecified atom stereocenters. The molecule has 0 aromatic heterocycles. The monoisotopic (exact) mass is 847 g/mol. The van der Waals surface area contributed by atoms with Crippen LogP contribution in [0.5, 0.6) is 0 Å². The molecule has 0 N–H and O–H groups in total. The first-order valence-electron chi connectivity index (χ1n) is 19.8. The second-order valence-corrected chi connectivity index (χ2v) is 22.3. The third kappa shape index (κ3) is 8.71. The third-order valence-electron chi connectivity index (χ3n) is 11.5. The molecule has 4 aromatic rings. The number of hydrogen-bond acceptors (Lipinski definition) is 0. The standard InChI is InChI=1S/C52H63.2ClH.Zr/c1-32-27-39(51(11,12)13)30-40(32)46-43-28-35-21-26-38(50(8,9)10)29-41(35)42(43)31-44(52(14,15)16)47(46)45(33-17-22-36(23-18-33)48(2,3)4)34-19-24-37(25-20-34)49(5,6)7;;;/h17-27,29-32H,1-16H3;2*1H;/q;;;+2/p-2. The first kappa shape index (κ1) is 45.3. The van der Waals surface area contributed by atoms with Crippen LogP contribution in [0.3, 0.4) is 0 Å². The fraction of sp³-hybridized carbons (Fsp3) is 0.423. The van der Waals surface area contributed by atoms with E-state index in [0.717, 1.165) is 0 Å². The van der Waals surface area contributed by atoms with Crippen LogP contribution in [0.25, 0.3) is 14.4 Å². The van der Waals surface area contributed by atoms with Crippen LogP contribution in [0.4, 0.5) is 0 Å². The molecule has 2 aliphatic rings. The fourth-order valence-electron chi connectivity index (χ4n) is 8.08. The molecule has 0 nitrogen and oxygen atoms in total. The van der Waals surface area contributed by atoms with Gasteiger partial charge in [-0.2, -0.15) is 0 Å². The Balaban J connectivity index is 0.00000336. The largest absolute Gasteiger partial charge is 1.00 e. The fourth-order valence-corrected chi connectivity index (χ4v) is 9.26. The summed E-state index contributed by atoms with van der Waals surface area (Å²) in [6, 6.07) is 29.0. The summed E-state index contributed by atoms with van der Waals surface area (Å²) in [6.45, 7) is 37.6. The maximum atomic E-state index is 2.60. The number of rotatable bonds is 3. The predicted octanol–water partition coefficient (Wildman–Crippen LogP) is 6.44. The molecular weight excluding hydrogens is 787 g/mol. The maximum absolute atomic E-state index is 2.60. The van der Waals surface area contributed by atoms with E-state index in [1.165, 1.54) is 110 Å². The molecule has 0 radical (unpaired) electrons. The Morgan fingerprint density at radius 1 is 0.491 bits per heavy atom. The van der Waals surface area contributed by atoms with E-state index in [4.69, 9.17) is 0 Å². The van der Waals surface area contributed by atoms with Gasteiger partial charge in [0.05, 0.1) is 0 Å². The number of benzene rings is 4. The van der Waals surface area contributed by atoms with Gasteiger partial charge in [0.15, 0.2) is 0 Å². The predicted molar refractivity (Wildman–Crippen MR) is 226 cm³/mol. The summed E-state index contributed by atoms with van der Waals surface area (Å²) in [7, 11) is 0. The number of halogens is 2. The normalized spacial score (nSPS) is 15.8. The van der Waals surface area contributed by atoms with Gasteiger partial charge in [-0.3, -0.25) is 0 Å². The zero-order valence-electron chi connectivity index (χ0n) is 36.4. The summed E-state index contributed by atoms with van der Waals surface area (Å²) in [5, 5.41) is 5.61. The average Bonchev–Trinajstić information content (AvgIpc) is 3.56. The van der Waals surface area contributed by atoms with Gasteiger partial charge in [-0.25, -0.2) is 0 Å².